The molecule has 1 N–H and O–H groups in total. The molecule has 0 radical (unpaired) electrons. The van der Waals surface area contributed by atoms with Crippen LogP contribution >= 0.6 is 47.8 Å². The summed E-state index contributed by atoms with van der Waals surface area (Å²) in [6, 6.07) is 3.70. The van der Waals surface area contributed by atoms with Crippen LogP contribution in [-0.4, -0.2) is 44.0 Å². The lowest BCUT2D eigenvalue weighted by atomic mass is 10.3. The average molecular weight is 487 g/mol. The van der Waals surface area contributed by atoms with Crippen LogP contribution in [0.1, 0.15) is 6.42 Å². The third-order valence-corrected chi connectivity index (χ3v) is 4.32. The Morgan fingerprint density at radius 1 is 1.24 bits per heavy atom. The van der Waals surface area contributed by atoms with E-state index in [0.29, 0.717) is 12.2 Å². The second kappa shape index (κ2) is 8.87. The average Bonchev–Trinajstić information content (AvgIpc) is 2.40. The topological polar surface area (TPSA) is 58.6 Å². The van der Waals surface area contributed by atoms with Gasteiger partial charge >= 0.3 is 5.97 Å². The Balaban J connectivity index is 2.56. The van der Waals surface area contributed by atoms with Crippen molar-refractivity contribution in [1.82, 2.24) is 4.90 Å². The molecular weight excluding hydrogens is 472 g/mol. The van der Waals surface area contributed by atoms with Gasteiger partial charge in [0.15, 0.2) is 0 Å². The molecule has 0 bridgehead atoms. The predicted octanol–water partition coefficient (Wildman–Crippen LogP) is 3.41. The molecule has 0 aliphatic heterocycles. The van der Waals surface area contributed by atoms with Crippen molar-refractivity contribution >= 4 is 65.4 Å². The highest BCUT2D eigenvalue weighted by atomic mass is 79.9. The minimum Gasteiger partial charge on any atom is -0.469 e. The molecule has 116 valence electrons. The number of nitrogens with zero attached hydrogens (tertiary/aromatic N) is 1. The van der Waals surface area contributed by atoms with Crippen LogP contribution in [-0.2, 0) is 14.3 Å². The van der Waals surface area contributed by atoms with Gasteiger partial charge < -0.3 is 10.1 Å². The molecule has 1 aromatic rings. The van der Waals surface area contributed by atoms with Gasteiger partial charge in [-0.1, -0.05) is 15.9 Å². The monoisotopic (exact) mass is 484 g/mol. The smallest absolute Gasteiger partial charge is 0.306 e. The van der Waals surface area contributed by atoms with Crippen molar-refractivity contribution in [2.45, 2.75) is 6.42 Å². The molecule has 0 atom stereocenters. The van der Waals surface area contributed by atoms with Crippen LogP contribution in [0.5, 0.6) is 0 Å². The van der Waals surface area contributed by atoms with E-state index < -0.39 is 0 Å². The number of carbonyl (C=O) groups excluding carboxylic acids is 2. The molecule has 5 nitrogen and oxygen atoms in total. The quantitative estimate of drug-likeness (QED) is 0.626. The van der Waals surface area contributed by atoms with Crippen LogP contribution < -0.4 is 5.32 Å². The van der Waals surface area contributed by atoms with Crippen molar-refractivity contribution < 1.29 is 14.3 Å². The van der Waals surface area contributed by atoms with E-state index in [1.807, 2.05) is 12.1 Å². The summed E-state index contributed by atoms with van der Waals surface area (Å²) in [5.41, 5.74) is 0.671. The van der Waals surface area contributed by atoms with Gasteiger partial charge in [0.1, 0.15) is 0 Å². The summed E-state index contributed by atoms with van der Waals surface area (Å²) in [4.78, 5) is 24.8. The van der Waals surface area contributed by atoms with Crippen LogP contribution in [0.3, 0.4) is 0 Å². The summed E-state index contributed by atoms with van der Waals surface area (Å²) in [5.74, 6) is -0.452. The number of esters is 1. The van der Waals surface area contributed by atoms with Gasteiger partial charge in [-0.15, -0.1) is 0 Å². The highest BCUT2D eigenvalue weighted by molar-refractivity contribution is 9.11. The third-order valence-electron chi connectivity index (χ3n) is 2.61. The molecule has 8 heteroatoms. The van der Waals surface area contributed by atoms with E-state index in [1.165, 1.54) is 7.11 Å². The fourth-order valence-electron chi connectivity index (χ4n) is 1.55. The number of carbonyl (C=O) groups is 2. The highest BCUT2D eigenvalue weighted by Crippen LogP contribution is 2.34. The van der Waals surface area contributed by atoms with Crippen molar-refractivity contribution in [1.29, 1.82) is 0 Å². The van der Waals surface area contributed by atoms with Crippen LogP contribution in [0.15, 0.2) is 25.6 Å². The Bertz CT molecular complexity index is 514. The molecule has 0 fully saturated rings. The number of ether oxygens (including phenoxy) is 1. The number of rotatable bonds is 6. The zero-order valence-corrected chi connectivity index (χ0v) is 16.3. The van der Waals surface area contributed by atoms with Gasteiger partial charge in [-0.3, -0.25) is 14.5 Å². The number of benzene rings is 1. The fourth-order valence-corrected chi connectivity index (χ4v) is 4.01. The molecule has 0 saturated carbocycles. The van der Waals surface area contributed by atoms with Gasteiger partial charge in [0.25, 0.3) is 0 Å². The van der Waals surface area contributed by atoms with Crippen molar-refractivity contribution in [2.24, 2.45) is 0 Å². The minimum atomic E-state index is -0.291. The molecule has 0 heterocycles. The lowest BCUT2D eigenvalue weighted by Gasteiger charge is -2.16. The first-order valence-electron chi connectivity index (χ1n) is 6.03. The molecule has 0 aliphatic carbocycles. The molecule has 1 aromatic carbocycles. The minimum absolute atomic E-state index is 0.161. The zero-order valence-electron chi connectivity index (χ0n) is 11.6. The lowest BCUT2D eigenvalue weighted by Crippen LogP contribution is -2.32. The number of nitrogens with one attached hydrogen (secondary N) is 1. The number of amides is 1. The maximum atomic E-state index is 12.0. The normalized spacial score (nSPS) is 10.6. The van der Waals surface area contributed by atoms with Crippen molar-refractivity contribution in [3.05, 3.63) is 25.6 Å². The molecule has 21 heavy (non-hydrogen) atoms. The summed E-state index contributed by atoms with van der Waals surface area (Å²) in [6.45, 7) is 0.648. The Morgan fingerprint density at radius 2 is 1.81 bits per heavy atom. The first-order chi connectivity index (χ1) is 9.83. The summed E-state index contributed by atoms with van der Waals surface area (Å²) in [7, 11) is 3.12. The predicted molar refractivity (Wildman–Crippen MR) is 92.3 cm³/mol. The van der Waals surface area contributed by atoms with Crippen molar-refractivity contribution in [3.8, 4) is 0 Å². The van der Waals surface area contributed by atoms with E-state index in [2.05, 4.69) is 57.8 Å². The number of anilines is 1. The van der Waals surface area contributed by atoms with Gasteiger partial charge in [0.05, 0.1) is 25.8 Å². The fraction of sp³-hybridized carbons (Fsp3) is 0.385. The second-order valence-corrected chi connectivity index (χ2v) is 6.98. The lowest BCUT2D eigenvalue weighted by molar-refractivity contribution is -0.141. The first-order valence-corrected chi connectivity index (χ1v) is 8.41. The van der Waals surface area contributed by atoms with E-state index in [1.54, 1.807) is 11.9 Å². The van der Waals surface area contributed by atoms with E-state index in [-0.39, 0.29) is 24.8 Å². The number of hydrogen-bond acceptors (Lipinski definition) is 4. The molecule has 0 saturated heterocycles. The summed E-state index contributed by atoms with van der Waals surface area (Å²) in [6.07, 6.45) is 0.256. The number of likely N-dealkylation sites (N-methyl/N-ethyl adjacent to an activating group) is 1. The molecule has 0 spiro atoms. The molecule has 0 aromatic heterocycles. The van der Waals surface area contributed by atoms with Gasteiger partial charge in [0.2, 0.25) is 5.91 Å². The Kier molecular flexibility index (Phi) is 7.86. The zero-order chi connectivity index (χ0) is 16.0. The van der Waals surface area contributed by atoms with E-state index in [0.717, 1.165) is 13.4 Å². The van der Waals surface area contributed by atoms with Crippen LogP contribution in [0.2, 0.25) is 0 Å². The number of halogens is 3. The number of methoxy groups -OCH3 is 1. The van der Waals surface area contributed by atoms with E-state index in [4.69, 9.17) is 0 Å². The molecule has 1 amide bonds. The number of hydrogen-bond donors (Lipinski definition) is 1. The first kappa shape index (κ1) is 18.6. The van der Waals surface area contributed by atoms with Crippen molar-refractivity contribution in [3.63, 3.8) is 0 Å². The molecule has 0 unspecified atom stereocenters. The Morgan fingerprint density at radius 3 is 2.33 bits per heavy atom. The SMILES string of the molecule is COC(=O)CCN(C)CC(=O)Nc1c(Br)cc(Br)cc1Br. The molecule has 1 rings (SSSR count). The Labute approximate surface area is 148 Å². The summed E-state index contributed by atoms with van der Waals surface area (Å²) in [5, 5.41) is 2.83. The molecular formula is C13H15Br3N2O3. The largest absolute Gasteiger partial charge is 0.469 e. The van der Waals surface area contributed by atoms with Crippen LogP contribution in [0, 0.1) is 0 Å². The van der Waals surface area contributed by atoms with Gasteiger partial charge in [-0.05, 0) is 51.0 Å². The Hall–Kier alpha value is -0.440. The van der Waals surface area contributed by atoms with Gasteiger partial charge in [-0.2, -0.15) is 0 Å². The van der Waals surface area contributed by atoms with E-state index in [9.17, 15) is 9.59 Å². The summed E-state index contributed by atoms with van der Waals surface area (Å²) < 4.78 is 7.00. The highest BCUT2D eigenvalue weighted by Gasteiger charge is 2.13. The van der Waals surface area contributed by atoms with E-state index >= 15 is 0 Å². The van der Waals surface area contributed by atoms with Crippen LogP contribution in [0.4, 0.5) is 5.69 Å². The summed E-state index contributed by atoms with van der Waals surface area (Å²) >= 11 is 10.2. The second-order valence-electron chi connectivity index (χ2n) is 4.36. The standard InChI is InChI=1S/C13H15Br3N2O3/c1-18(4-3-12(20)21-2)7-11(19)17-13-9(15)5-8(14)6-10(13)16/h5-6H,3-4,7H2,1-2H3,(H,17,19). The molecule has 0 aliphatic rings. The van der Waals surface area contributed by atoms with Gasteiger partial charge in [-0.25, -0.2) is 0 Å². The van der Waals surface area contributed by atoms with Gasteiger partial charge in [0, 0.05) is 20.0 Å². The third kappa shape index (κ3) is 6.46. The van der Waals surface area contributed by atoms with Crippen LogP contribution in [0.25, 0.3) is 0 Å². The maximum Gasteiger partial charge on any atom is 0.306 e. The maximum absolute atomic E-state index is 12.0. The van der Waals surface area contributed by atoms with Crippen molar-refractivity contribution in [2.75, 3.05) is 32.6 Å².